The van der Waals surface area contributed by atoms with E-state index in [1.165, 1.54) is 0 Å². The second-order valence-electron chi connectivity index (χ2n) is 6.53. The predicted octanol–water partition coefficient (Wildman–Crippen LogP) is 2.72. The number of para-hydroxylation sites is 1. The number of carbonyl (C=O) groups is 2. The Morgan fingerprint density at radius 3 is 2.64 bits per heavy atom. The van der Waals surface area contributed by atoms with E-state index in [1.54, 1.807) is 6.20 Å². The third-order valence-electron chi connectivity index (χ3n) is 4.81. The summed E-state index contributed by atoms with van der Waals surface area (Å²) in [6.45, 7) is 0.534. The molecule has 2 aromatic rings. The van der Waals surface area contributed by atoms with Crippen LogP contribution in [0.3, 0.4) is 0 Å². The van der Waals surface area contributed by atoms with Crippen LogP contribution in [0, 0.1) is 5.92 Å². The van der Waals surface area contributed by atoms with Gasteiger partial charge in [-0.3, -0.25) is 9.78 Å². The Morgan fingerprint density at radius 1 is 1.12 bits per heavy atom. The van der Waals surface area contributed by atoms with E-state index in [0.717, 1.165) is 29.3 Å². The molecule has 0 spiro atoms. The smallest absolute Gasteiger partial charge is 0.315 e. The Kier molecular flexibility index (Phi) is 5.48. The van der Waals surface area contributed by atoms with Crippen LogP contribution in [0.5, 0.6) is 0 Å². The summed E-state index contributed by atoms with van der Waals surface area (Å²) < 4.78 is 0. The van der Waals surface area contributed by atoms with E-state index in [0.29, 0.717) is 25.8 Å². The summed E-state index contributed by atoms with van der Waals surface area (Å²) >= 11 is 0. The van der Waals surface area contributed by atoms with Crippen LogP contribution in [0.4, 0.5) is 4.79 Å². The zero-order valence-electron chi connectivity index (χ0n) is 14.1. The lowest BCUT2D eigenvalue weighted by Gasteiger charge is -2.26. The van der Waals surface area contributed by atoms with Crippen LogP contribution in [-0.2, 0) is 11.2 Å². The predicted molar refractivity (Wildman–Crippen MR) is 95.4 cm³/mol. The van der Waals surface area contributed by atoms with Gasteiger partial charge in [-0.25, -0.2) is 4.79 Å². The molecule has 1 aliphatic carbocycles. The van der Waals surface area contributed by atoms with Crippen LogP contribution >= 0.6 is 0 Å². The monoisotopic (exact) mass is 341 g/mol. The van der Waals surface area contributed by atoms with Gasteiger partial charge in [0.05, 0.1) is 11.4 Å². The molecule has 0 bridgehead atoms. The van der Waals surface area contributed by atoms with Gasteiger partial charge in [0.25, 0.3) is 0 Å². The molecule has 6 heteroatoms. The molecule has 0 unspecified atom stereocenters. The second-order valence-corrected chi connectivity index (χ2v) is 6.53. The molecule has 3 rings (SSSR count). The van der Waals surface area contributed by atoms with Gasteiger partial charge in [0.2, 0.25) is 0 Å². The van der Waals surface area contributed by atoms with Crippen LogP contribution in [-0.4, -0.2) is 34.7 Å². The number of amides is 2. The van der Waals surface area contributed by atoms with Crippen molar-refractivity contribution in [3.63, 3.8) is 0 Å². The number of aromatic nitrogens is 1. The van der Waals surface area contributed by atoms with E-state index >= 15 is 0 Å². The molecule has 0 saturated heterocycles. The van der Waals surface area contributed by atoms with Crippen molar-refractivity contribution in [1.29, 1.82) is 0 Å². The summed E-state index contributed by atoms with van der Waals surface area (Å²) in [7, 11) is 0. The lowest BCUT2D eigenvalue weighted by atomic mass is 9.86. The van der Waals surface area contributed by atoms with E-state index in [4.69, 9.17) is 5.11 Å². The van der Waals surface area contributed by atoms with E-state index in [1.807, 2.05) is 30.3 Å². The first-order valence-corrected chi connectivity index (χ1v) is 8.73. The highest BCUT2D eigenvalue weighted by molar-refractivity contribution is 5.81. The van der Waals surface area contributed by atoms with E-state index in [-0.39, 0.29) is 18.0 Å². The van der Waals surface area contributed by atoms with Crippen LogP contribution in [0.1, 0.15) is 31.2 Å². The number of benzene rings is 1. The molecule has 1 saturated carbocycles. The minimum Gasteiger partial charge on any atom is -0.481 e. The van der Waals surface area contributed by atoms with Crippen LogP contribution in [0.25, 0.3) is 10.9 Å². The first kappa shape index (κ1) is 17.2. The fourth-order valence-corrected chi connectivity index (χ4v) is 3.40. The van der Waals surface area contributed by atoms with Gasteiger partial charge in [-0.2, -0.15) is 0 Å². The highest BCUT2D eigenvalue weighted by Crippen LogP contribution is 2.24. The minimum absolute atomic E-state index is 0.0647. The normalized spacial score (nSPS) is 20.2. The maximum Gasteiger partial charge on any atom is 0.315 e. The molecular weight excluding hydrogens is 318 g/mol. The van der Waals surface area contributed by atoms with Crippen LogP contribution < -0.4 is 10.6 Å². The Morgan fingerprint density at radius 2 is 1.88 bits per heavy atom. The lowest BCUT2D eigenvalue weighted by Crippen LogP contribution is -2.44. The summed E-state index contributed by atoms with van der Waals surface area (Å²) in [6, 6.07) is 9.87. The van der Waals surface area contributed by atoms with Gasteiger partial charge < -0.3 is 15.7 Å². The molecule has 6 nitrogen and oxygen atoms in total. The number of urea groups is 1. The molecule has 1 aliphatic rings. The van der Waals surface area contributed by atoms with Gasteiger partial charge >= 0.3 is 12.0 Å². The number of aliphatic carboxylic acids is 1. The van der Waals surface area contributed by atoms with Crippen molar-refractivity contribution in [2.24, 2.45) is 5.92 Å². The first-order chi connectivity index (χ1) is 12.1. The molecule has 2 amide bonds. The highest BCUT2D eigenvalue weighted by atomic mass is 16.4. The maximum atomic E-state index is 12.0. The number of nitrogens with zero attached hydrogens (tertiary/aromatic N) is 1. The summed E-state index contributed by atoms with van der Waals surface area (Å²) in [5, 5.41) is 15.9. The third kappa shape index (κ3) is 4.47. The second kappa shape index (κ2) is 7.96. The molecule has 3 N–H and O–H groups in total. The van der Waals surface area contributed by atoms with Gasteiger partial charge in [0.15, 0.2) is 0 Å². The van der Waals surface area contributed by atoms with E-state index in [9.17, 15) is 9.59 Å². The zero-order valence-corrected chi connectivity index (χ0v) is 14.1. The third-order valence-corrected chi connectivity index (χ3v) is 4.81. The van der Waals surface area contributed by atoms with Gasteiger partial charge in [0.1, 0.15) is 0 Å². The van der Waals surface area contributed by atoms with Crippen molar-refractivity contribution in [1.82, 2.24) is 15.6 Å². The van der Waals surface area contributed by atoms with Gasteiger partial charge in [-0.15, -0.1) is 0 Å². The van der Waals surface area contributed by atoms with Crippen LogP contribution in [0.15, 0.2) is 36.5 Å². The quantitative estimate of drug-likeness (QED) is 0.780. The van der Waals surface area contributed by atoms with Crippen molar-refractivity contribution in [3.05, 3.63) is 42.1 Å². The van der Waals surface area contributed by atoms with Crippen molar-refractivity contribution in [2.75, 3.05) is 6.54 Å². The van der Waals surface area contributed by atoms with Crippen molar-refractivity contribution in [3.8, 4) is 0 Å². The van der Waals surface area contributed by atoms with Gasteiger partial charge in [0, 0.05) is 24.2 Å². The van der Waals surface area contributed by atoms with Gasteiger partial charge in [-0.1, -0.05) is 24.3 Å². The number of nitrogens with one attached hydrogen (secondary N) is 2. The average Bonchev–Trinajstić information content (AvgIpc) is 2.62. The van der Waals surface area contributed by atoms with Crippen molar-refractivity contribution in [2.45, 2.75) is 38.1 Å². The molecule has 1 aromatic heterocycles. The molecule has 1 heterocycles. The maximum absolute atomic E-state index is 12.0. The summed E-state index contributed by atoms with van der Waals surface area (Å²) in [4.78, 5) is 27.4. The van der Waals surface area contributed by atoms with Crippen molar-refractivity contribution < 1.29 is 14.7 Å². The number of carboxylic acids is 1. The highest BCUT2D eigenvalue weighted by Gasteiger charge is 2.26. The van der Waals surface area contributed by atoms with E-state index in [2.05, 4.69) is 15.6 Å². The fourth-order valence-electron chi connectivity index (χ4n) is 3.40. The number of carboxylic acid groups (broad SMARTS) is 1. The van der Waals surface area contributed by atoms with Gasteiger partial charge in [-0.05, 0) is 43.7 Å². The Balaban J connectivity index is 1.44. The molecule has 1 fully saturated rings. The van der Waals surface area contributed by atoms with E-state index < -0.39 is 5.97 Å². The SMILES string of the molecule is O=C(NCCc1cccc2cccnc12)NC1CCC(C(=O)O)CC1. The topological polar surface area (TPSA) is 91.3 Å². The molecule has 0 atom stereocenters. The largest absolute Gasteiger partial charge is 0.481 e. The summed E-state index contributed by atoms with van der Waals surface area (Å²) in [5.74, 6) is -0.994. The van der Waals surface area contributed by atoms with Crippen molar-refractivity contribution >= 4 is 22.9 Å². The number of hydrogen-bond donors (Lipinski definition) is 3. The lowest BCUT2D eigenvalue weighted by molar-refractivity contribution is -0.142. The Hall–Kier alpha value is -2.63. The molecule has 25 heavy (non-hydrogen) atoms. The number of carbonyl (C=O) groups excluding carboxylic acids is 1. The number of fused-ring (bicyclic) bond motifs is 1. The summed E-state index contributed by atoms with van der Waals surface area (Å²) in [6.07, 6.45) is 5.19. The number of pyridine rings is 1. The zero-order chi connectivity index (χ0) is 17.6. The Bertz CT molecular complexity index is 749. The molecule has 132 valence electrons. The molecular formula is C19H23N3O3. The first-order valence-electron chi connectivity index (χ1n) is 8.73. The van der Waals surface area contributed by atoms with Crippen LogP contribution in [0.2, 0.25) is 0 Å². The number of rotatable bonds is 5. The standard InChI is InChI=1S/C19H23N3O3/c23-18(24)15-6-8-16(9-7-15)22-19(25)21-12-10-14-4-1-3-13-5-2-11-20-17(13)14/h1-5,11,15-16H,6-10,12H2,(H,23,24)(H2,21,22,25). The minimum atomic E-state index is -0.730. The molecule has 0 radical (unpaired) electrons. The summed E-state index contributed by atoms with van der Waals surface area (Å²) in [5.41, 5.74) is 2.08. The average molecular weight is 341 g/mol. The fraction of sp³-hybridized carbons (Fsp3) is 0.421. The Labute approximate surface area is 146 Å². The molecule has 0 aliphatic heterocycles. The molecule has 1 aromatic carbocycles. The number of hydrogen-bond acceptors (Lipinski definition) is 3.